The zero-order valence-electron chi connectivity index (χ0n) is 16.6. The van der Waals surface area contributed by atoms with Crippen molar-refractivity contribution in [1.82, 2.24) is 9.13 Å². The Morgan fingerprint density at radius 2 is 1.64 bits per heavy atom. The first-order valence-corrected chi connectivity index (χ1v) is 14.9. The van der Waals surface area contributed by atoms with E-state index in [0.29, 0.717) is 19.5 Å². The van der Waals surface area contributed by atoms with Crippen LogP contribution < -0.4 is 5.69 Å². The van der Waals surface area contributed by atoms with Gasteiger partial charge in [-0.2, -0.15) is 0 Å². The molecule has 1 aromatic heterocycles. The molecule has 0 spiro atoms. The van der Waals surface area contributed by atoms with Gasteiger partial charge in [0.2, 0.25) is 0 Å². The molecule has 0 aliphatic carbocycles. The summed E-state index contributed by atoms with van der Waals surface area (Å²) in [6.45, 7) is 3.09. The fraction of sp³-hybridized carbons (Fsp3) is 0.273. The van der Waals surface area contributed by atoms with Crippen LogP contribution in [0.1, 0.15) is 27.0 Å². The van der Waals surface area contributed by atoms with Gasteiger partial charge >= 0.3 is 42.7 Å². The zero-order valence-corrected chi connectivity index (χ0v) is 19.4. The van der Waals surface area contributed by atoms with Crippen LogP contribution in [0.4, 0.5) is 0 Å². The minimum absolute atomic E-state index is 0.0602. The molecule has 146 valence electrons. The van der Waals surface area contributed by atoms with Gasteiger partial charge in [-0.15, -0.1) is 0 Å². The predicted molar refractivity (Wildman–Crippen MR) is 114 cm³/mol. The number of carboxylic acids is 1. The van der Waals surface area contributed by atoms with E-state index in [1.54, 1.807) is 39.7 Å². The van der Waals surface area contributed by atoms with Crippen molar-refractivity contribution in [2.75, 3.05) is 0 Å². The van der Waals surface area contributed by atoms with E-state index in [9.17, 15) is 9.59 Å². The second kappa shape index (κ2) is 10.9. The van der Waals surface area contributed by atoms with Crippen molar-refractivity contribution >= 4 is 27.1 Å². The molecule has 1 heterocycles. The number of benzene rings is 2. The summed E-state index contributed by atoms with van der Waals surface area (Å²) in [6.07, 6.45) is 4.17. The third kappa shape index (κ3) is 6.41. The third-order valence-electron chi connectivity index (χ3n) is 4.21. The van der Waals surface area contributed by atoms with Gasteiger partial charge in [0.25, 0.3) is 0 Å². The SMILES string of the molecule is Cc1ccc(Cn2ccn(CCc3cccc(C(=O)O)c3)c2=O)cc1.[CH3][Sn][CH3]. The number of hydrogen-bond donors (Lipinski definition) is 1. The molecule has 0 bridgehead atoms. The summed E-state index contributed by atoms with van der Waals surface area (Å²) < 4.78 is 3.33. The van der Waals surface area contributed by atoms with Crippen molar-refractivity contribution in [3.05, 3.63) is 93.7 Å². The normalized spacial score (nSPS) is 10.2. The molecule has 0 atom stereocenters. The third-order valence-corrected chi connectivity index (χ3v) is 4.21. The van der Waals surface area contributed by atoms with Crippen LogP contribution in [-0.4, -0.2) is 41.4 Å². The number of hydrogen-bond acceptors (Lipinski definition) is 2. The molecule has 6 heteroatoms. The minimum atomic E-state index is -0.941. The Morgan fingerprint density at radius 1 is 1.00 bits per heavy atom. The maximum atomic E-state index is 12.5. The van der Waals surface area contributed by atoms with E-state index in [2.05, 4.69) is 9.88 Å². The van der Waals surface area contributed by atoms with Crippen molar-refractivity contribution < 1.29 is 9.90 Å². The Hall–Kier alpha value is -2.28. The molecule has 1 N–H and O–H groups in total. The Bertz CT molecular complexity index is 958. The number of aromatic nitrogens is 2. The van der Waals surface area contributed by atoms with E-state index < -0.39 is 5.97 Å². The molecule has 3 rings (SSSR count). The van der Waals surface area contributed by atoms with E-state index in [4.69, 9.17) is 5.11 Å². The monoisotopic (exact) mass is 486 g/mol. The van der Waals surface area contributed by atoms with Crippen molar-refractivity contribution in [2.24, 2.45) is 0 Å². The first-order chi connectivity index (χ1) is 13.4. The summed E-state index contributed by atoms with van der Waals surface area (Å²) in [7, 11) is 0. The fourth-order valence-electron chi connectivity index (χ4n) is 2.74. The number of imidazole rings is 1. The van der Waals surface area contributed by atoms with E-state index in [1.807, 2.05) is 37.3 Å². The van der Waals surface area contributed by atoms with Crippen LogP contribution in [0, 0.1) is 6.92 Å². The van der Waals surface area contributed by atoms with Crippen LogP contribution in [0.2, 0.25) is 9.88 Å². The quantitative estimate of drug-likeness (QED) is 0.542. The molecule has 0 aliphatic rings. The fourth-order valence-corrected chi connectivity index (χ4v) is 2.74. The van der Waals surface area contributed by atoms with Gasteiger partial charge in [0.1, 0.15) is 0 Å². The molecule has 5 nitrogen and oxygen atoms in total. The van der Waals surface area contributed by atoms with Crippen molar-refractivity contribution in [1.29, 1.82) is 0 Å². The Balaban J connectivity index is 0.000000878. The van der Waals surface area contributed by atoms with Gasteiger partial charge in [0.15, 0.2) is 0 Å². The Morgan fingerprint density at radius 3 is 2.29 bits per heavy atom. The number of aromatic carboxylic acids is 1. The van der Waals surface area contributed by atoms with Gasteiger partial charge < -0.3 is 5.11 Å². The van der Waals surface area contributed by atoms with E-state index >= 15 is 0 Å². The second-order valence-corrected chi connectivity index (χ2v) is 9.50. The average Bonchev–Trinajstić information content (AvgIpc) is 3.02. The number of nitrogens with zero attached hydrogens (tertiary/aromatic N) is 2. The molecule has 2 radical (unpaired) electrons. The molecule has 0 unspecified atom stereocenters. The van der Waals surface area contributed by atoms with Crippen LogP contribution in [0.3, 0.4) is 0 Å². The maximum absolute atomic E-state index is 12.5. The zero-order chi connectivity index (χ0) is 20.5. The van der Waals surface area contributed by atoms with Crippen LogP contribution >= 0.6 is 0 Å². The van der Waals surface area contributed by atoms with Gasteiger partial charge in [-0.3, -0.25) is 9.13 Å². The van der Waals surface area contributed by atoms with E-state index in [0.717, 1.165) is 11.1 Å². The van der Waals surface area contributed by atoms with Gasteiger partial charge in [0, 0.05) is 18.9 Å². The van der Waals surface area contributed by atoms with Gasteiger partial charge in [-0.05, 0) is 36.6 Å². The number of rotatable bonds is 6. The summed E-state index contributed by atoms with van der Waals surface area (Å²) in [6, 6.07) is 14.9. The van der Waals surface area contributed by atoms with Crippen LogP contribution in [0.25, 0.3) is 0 Å². The standard InChI is InChI=1S/C20H20N2O3.2CH3.Sn/c1-15-5-7-17(8-6-15)14-22-12-11-21(20(22)25)10-9-16-3-2-4-18(13-16)19(23)24;;;/h2-8,11-13H,9-10,14H2,1H3,(H,23,24);2*1H3;. The molecule has 0 aliphatic heterocycles. The average molecular weight is 485 g/mol. The molecule has 0 saturated carbocycles. The van der Waals surface area contributed by atoms with Gasteiger partial charge in [-0.25, -0.2) is 9.59 Å². The summed E-state index contributed by atoms with van der Waals surface area (Å²) in [4.78, 5) is 28.1. The van der Waals surface area contributed by atoms with Crippen molar-refractivity contribution in [3.8, 4) is 0 Å². The Labute approximate surface area is 175 Å². The molecule has 3 aromatic rings. The first kappa shape index (κ1) is 22.0. The molecule has 28 heavy (non-hydrogen) atoms. The Kier molecular flexibility index (Phi) is 8.57. The second-order valence-electron chi connectivity index (χ2n) is 6.64. The van der Waals surface area contributed by atoms with Crippen LogP contribution in [0.15, 0.2) is 65.7 Å². The van der Waals surface area contributed by atoms with Crippen molar-refractivity contribution in [3.63, 3.8) is 0 Å². The summed E-state index contributed by atoms with van der Waals surface area (Å²) in [5.74, 6) is -0.941. The number of carboxylic acid groups (broad SMARTS) is 1. The topological polar surface area (TPSA) is 64.2 Å². The molecular weight excluding hydrogens is 459 g/mol. The molecule has 2 aromatic carbocycles. The summed E-state index contributed by atoms with van der Waals surface area (Å²) in [5, 5.41) is 9.04. The van der Waals surface area contributed by atoms with E-state index in [-0.39, 0.29) is 32.4 Å². The number of aryl methyl sites for hydroxylation is 3. The van der Waals surface area contributed by atoms with Crippen LogP contribution in [-0.2, 0) is 19.5 Å². The van der Waals surface area contributed by atoms with E-state index in [1.165, 1.54) is 5.56 Å². The van der Waals surface area contributed by atoms with Crippen molar-refractivity contribution in [2.45, 2.75) is 36.3 Å². The van der Waals surface area contributed by atoms with Gasteiger partial charge in [-0.1, -0.05) is 42.0 Å². The molecule has 0 saturated heterocycles. The first-order valence-electron chi connectivity index (χ1n) is 9.16. The number of carbonyl (C=O) groups is 1. The molecule has 0 fully saturated rings. The molecular formula is C22H26N2O3Sn. The predicted octanol–water partition coefficient (Wildman–Crippen LogP) is 3.73. The summed E-state index contributed by atoms with van der Waals surface area (Å²) in [5.41, 5.74) is 3.38. The van der Waals surface area contributed by atoms with Crippen LogP contribution in [0.5, 0.6) is 0 Å². The van der Waals surface area contributed by atoms with Gasteiger partial charge in [0.05, 0.1) is 12.1 Å². The summed E-state index contributed by atoms with van der Waals surface area (Å²) >= 11 is 0.230. The molecule has 0 amide bonds.